The Morgan fingerprint density at radius 3 is 2.52 bits per heavy atom. The first-order valence-corrected chi connectivity index (χ1v) is 8.70. The van der Waals surface area contributed by atoms with Gasteiger partial charge in [-0.15, -0.1) is 0 Å². The van der Waals surface area contributed by atoms with E-state index in [9.17, 15) is 0 Å². The van der Waals surface area contributed by atoms with E-state index in [0.29, 0.717) is 12.1 Å². The third-order valence-corrected chi connectivity index (χ3v) is 4.74. The van der Waals surface area contributed by atoms with E-state index in [1.165, 1.54) is 44.1 Å². The normalized spacial score (nSPS) is 19.3. The molecule has 1 N–H and O–H groups in total. The minimum Gasteiger partial charge on any atom is -0.381 e. The Morgan fingerprint density at radius 2 is 1.86 bits per heavy atom. The molecule has 1 aliphatic rings. The highest BCUT2D eigenvalue weighted by atomic mass is 16.5. The lowest BCUT2D eigenvalue weighted by molar-refractivity contribution is 0.0541. The lowest BCUT2D eigenvalue weighted by Gasteiger charge is -2.32. The summed E-state index contributed by atoms with van der Waals surface area (Å²) < 4.78 is 5.49. The monoisotopic (exact) mass is 289 g/mol. The zero-order valence-corrected chi connectivity index (χ0v) is 13.7. The van der Waals surface area contributed by atoms with Crippen LogP contribution in [0.2, 0.25) is 0 Å². The minimum absolute atomic E-state index is 0.496. The van der Waals surface area contributed by atoms with Crippen LogP contribution in [0.5, 0.6) is 0 Å². The average Bonchev–Trinajstić information content (AvgIpc) is 2.55. The topological polar surface area (TPSA) is 21.3 Å². The number of unbranched alkanes of at least 4 members (excludes halogenated alkanes) is 2. The number of hydrogen-bond donors (Lipinski definition) is 1. The molecular weight excluding hydrogens is 258 g/mol. The molecule has 2 rings (SSSR count). The minimum atomic E-state index is 0.496. The number of ether oxygens (including phenoxy) is 1. The molecule has 2 nitrogen and oxygen atoms in total. The molecule has 0 bridgehead atoms. The van der Waals surface area contributed by atoms with E-state index < -0.39 is 0 Å². The Hall–Kier alpha value is -0.860. The lowest BCUT2D eigenvalue weighted by atomic mass is 9.91. The van der Waals surface area contributed by atoms with E-state index in [2.05, 4.69) is 49.5 Å². The van der Waals surface area contributed by atoms with Gasteiger partial charge in [0.25, 0.3) is 0 Å². The van der Waals surface area contributed by atoms with Gasteiger partial charge in [0, 0.05) is 25.3 Å². The summed E-state index contributed by atoms with van der Waals surface area (Å²) in [6.45, 7) is 6.49. The first-order chi connectivity index (χ1) is 10.3. The van der Waals surface area contributed by atoms with Gasteiger partial charge < -0.3 is 10.1 Å². The highest BCUT2D eigenvalue weighted by Crippen LogP contribution is 2.25. The Kier molecular flexibility index (Phi) is 7.25. The Morgan fingerprint density at radius 1 is 1.14 bits per heavy atom. The lowest BCUT2D eigenvalue weighted by Crippen LogP contribution is -2.39. The summed E-state index contributed by atoms with van der Waals surface area (Å²) in [4.78, 5) is 0. The van der Waals surface area contributed by atoms with Crippen LogP contribution < -0.4 is 5.32 Å². The van der Waals surface area contributed by atoms with E-state index in [1.54, 1.807) is 0 Å². The van der Waals surface area contributed by atoms with Crippen LogP contribution in [-0.2, 0) is 4.74 Å². The van der Waals surface area contributed by atoms with Gasteiger partial charge in [-0.25, -0.2) is 0 Å². The molecule has 0 aromatic heterocycles. The van der Waals surface area contributed by atoms with Crippen LogP contribution in [0.15, 0.2) is 30.3 Å². The zero-order valence-electron chi connectivity index (χ0n) is 13.7. The first kappa shape index (κ1) is 16.5. The second-order valence-electron chi connectivity index (χ2n) is 6.36. The third-order valence-electron chi connectivity index (χ3n) is 4.74. The molecule has 0 spiro atoms. The summed E-state index contributed by atoms with van der Waals surface area (Å²) in [7, 11) is 0. The largest absolute Gasteiger partial charge is 0.381 e. The Bertz CT molecular complexity index is 372. The highest BCUT2D eigenvalue weighted by molar-refractivity contribution is 5.19. The SMILES string of the molecule is CCCCCC(NC(C)C1CCOCC1)c1ccccc1. The molecule has 1 saturated heterocycles. The average molecular weight is 289 g/mol. The second kappa shape index (κ2) is 9.22. The fraction of sp³-hybridized carbons (Fsp3) is 0.684. The van der Waals surface area contributed by atoms with Gasteiger partial charge in [0.15, 0.2) is 0 Å². The van der Waals surface area contributed by atoms with Crippen molar-refractivity contribution >= 4 is 0 Å². The maximum absolute atomic E-state index is 5.49. The van der Waals surface area contributed by atoms with E-state index >= 15 is 0 Å². The first-order valence-electron chi connectivity index (χ1n) is 8.70. The predicted molar refractivity (Wildman–Crippen MR) is 89.5 cm³/mol. The molecule has 0 saturated carbocycles. The van der Waals surface area contributed by atoms with Gasteiger partial charge >= 0.3 is 0 Å². The van der Waals surface area contributed by atoms with Gasteiger partial charge in [0.05, 0.1) is 0 Å². The van der Waals surface area contributed by atoms with Crippen molar-refractivity contribution in [3.8, 4) is 0 Å². The van der Waals surface area contributed by atoms with Gasteiger partial charge in [-0.05, 0) is 37.7 Å². The van der Waals surface area contributed by atoms with Crippen LogP contribution in [0.25, 0.3) is 0 Å². The second-order valence-corrected chi connectivity index (χ2v) is 6.36. The van der Waals surface area contributed by atoms with Gasteiger partial charge in [-0.1, -0.05) is 56.5 Å². The third kappa shape index (κ3) is 5.44. The number of hydrogen-bond acceptors (Lipinski definition) is 2. The summed E-state index contributed by atoms with van der Waals surface area (Å²) in [5.74, 6) is 0.760. The predicted octanol–water partition coefficient (Wildman–Crippen LogP) is 4.71. The molecule has 2 heteroatoms. The maximum atomic E-state index is 5.49. The van der Waals surface area contributed by atoms with Crippen LogP contribution in [-0.4, -0.2) is 19.3 Å². The summed E-state index contributed by atoms with van der Waals surface area (Å²) >= 11 is 0. The van der Waals surface area contributed by atoms with Crippen molar-refractivity contribution in [3.63, 3.8) is 0 Å². The molecule has 0 radical (unpaired) electrons. The molecule has 1 aromatic rings. The van der Waals surface area contributed by atoms with Crippen molar-refractivity contribution < 1.29 is 4.74 Å². The Labute approximate surface area is 130 Å². The summed E-state index contributed by atoms with van der Waals surface area (Å²) in [6, 6.07) is 12.0. The standard InChI is InChI=1S/C19H31NO/c1-3-4-6-11-19(18-9-7-5-8-10-18)20-16(2)17-12-14-21-15-13-17/h5,7-10,16-17,19-20H,3-4,6,11-15H2,1-2H3. The van der Waals surface area contributed by atoms with Crippen LogP contribution in [0, 0.1) is 5.92 Å². The summed E-state index contributed by atoms with van der Waals surface area (Å²) in [5.41, 5.74) is 1.44. The van der Waals surface area contributed by atoms with Crippen LogP contribution >= 0.6 is 0 Å². The molecule has 2 atom stereocenters. The van der Waals surface area contributed by atoms with Gasteiger partial charge in [-0.3, -0.25) is 0 Å². The van der Waals surface area contributed by atoms with E-state index in [-0.39, 0.29) is 0 Å². The van der Waals surface area contributed by atoms with Crippen molar-refractivity contribution in [1.29, 1.82) is 0 Å². The number of nitrogens with one attached hydrogen (secondary N) is 1. The van der Waals surface area contributed by atoms with Gasteiger partial charge in [0.1, 0.15) is 0 Å². The zero-order chi connectivity index (χ0) is 14.9. The van der Waals surface area contributed by atoms with Crippen molar-refractivity contribution in [2.75, 3.05) is 13.2 Å². The molecule has 21 heavy (non-hydrogen) atoms. The molecular formula is C19H31NO. The Balaban J connectivity index is 1.94. The van der Waals surface area contributed by atoms with Crippen molar-refractivity contribution in [2.24, 2.45) is 5.92 Å². The molecule has 1 aromatic carbocycles. The number of rotatable bonds is 8. The fourth-order valence-corrected chi connectivity index (χ4v) is 3.30. The van der Waals surface area contributed by atoms with Crippen LogP contribution in [0.3, 0.4) is 0 Å². The summed E-state index contributed by atoms with van der Waals surface area (Å²) in [5, 5.41) is 3.91. The highest BCUT2D eigenvalue weighted by Gasteiger charge is 2.23. The van der Waals surface area contributed by atoms with Crippen molar-refractivity contribution in [3.05, 3.63) is 35.9 Å². The molecule has 1 aliphatic heterocycles. The van der Waals surface area contributed by atoms with Gasteiger partial charge in [-0.2, -0.15) is 0 Å². The molecule has 1 heterocycles. The molecule has 0 aliphatic carbocycles. The quantitative estimate of drug-likeness (QED) is 0.700. The van der Waals surface area contributed by atoms with E-state index in [1.807, 2.05) is 0 Å². The molecule has 2 unspecified atom stereocenters. The smallest absolute Gasteiger partial charge is 0.0469 e. The van der Waals surface area contributed by atoms with E-state index in [4.69, 9.17) is 4.74 Å². The maximum Gasteiger partial charge on any atom is 0.0469 e. The van der Waals surface area contributed by atoms with Gasteiger partial charge in [0.2, 0.25) is 0 Å². The van der Waals surface area contributed by atoms with Crippen LogP contribution in [0.4, 0.5) is 0 Å². The van der Waals surface area contributed by atoms with E-state index in [0.717, 1.165) is 19.1 Å². The molecule has 0 amide bonds. The number of benzene rings is 1. The van der Waals surface area contributed by atoms with Crippen molar-refractivity contribution in [2.45, 2.75) is 64.5 Å². The van der Waals surface area contributed by atoms with Crippen molar-refractivity contribution in [1.82, 2.24) is 5.32 Å². The molecule has 118 valence electrons. The molecule has 1 fully saturated rings. The summed E-state index contributed by atoms with van der Waals surface area (Å²) in [6.07, 6.45) is 7.57. The fourth-order valence-electron chi connectivity index (χ4n) is 3.30. The van der Waals surface area contributed by atoms with Crippen LogP contribution in [0.1, 0.15) is 64.0 Å².